The quantitative estimate of drug-likeness (QED) is 0.882. The molecule has 1 aromatic heterocycles. The smallest absolute Gasteiger partial charge is 0.309 e. The molecule has 0 radical (unpaired) electrons. The Bertz CT molecular complexity index is 847. The summed E-state index contributed by atoms with van der Waals surface area (Å²) in [5.74, 6) is -1.76. The summed E-state index contributed by atoms with van der Waals surface area (Å²) in [6.45, 7) is 1.62. The predicted octanol–water partition coefficient (Wildman–Crippen LogP) is 2.85. The van der Waals surface area contributed by atoms with Gasteiger partial charge in [-0.15, -0.1) is 0 Å². The second kappa shape index (κ2) is 5.51. The third kappa shape index (κ3) is 2.75. The van der Waals surface area contributed by atoms with E-state index in [1.165, 1.54) is 11.6 Å². The molecule has 0 aliphatic carbocycles. The second-order valence-electron chi connectivity index (χ2n) is 4.31. The highest BCUT2D eigenvalue weighted by Gasteiger charge is 2.19. The molecule has 1 heterocycles. The number of hydrogen-bond acceptors (Lipinski definition) is 2. The molecule has 2 aromatic rings. The van der Waals surface area contributed by atoms with Crippen LogP contribution in [0.4, 0.5) is 0 Å². The van der Waals surface area contributed by atoms with Gasteiger partial charge in [0.2, 0.25) is 5.78 Å². The van der Waals surface area contributed by atoms with Crippen LogP contribution in [0.2, 0.25) is 5.02 Å². The van der Waals surface area contributed by atoms with E-state index in [4.69, 9.17) is 22.2 Å². The first kappa shape index (κ1) is 9.77. The van der Waals surface area contributed by atoms with Gasteiger partial charge in [0.1, 0.15) is 0 Å². The van der Waals surface area contributed by atoms with Crippen molar-refractivity contribution in [3.8, 4) is 0 Å². The lowest BCUT2D eigenvalue weighted by atomic mass is 10.1. The van der Waals surface area contributed by atoms with Crippen LogP contribution in [0.3, 0.4) is 0 Å². The van der Waals surface area contributed by atoms with E-state index in [-0.39, 0.29) is 22.7 Å². The lowest BCUT2D eigenvalue weighted by Crippen LogP contribution is -2.12. The summed E-state index contributed by atoms with van der Waals surface area (Å²) in [7, 11) is 1.52. The van der Waals surface area contributed by atoms with Crippen molar-refractivity contribution in [1.29, 1.82) is 0 Å². The molecule has 0 atom stereocenters. The Hall–Kier alpha value is -2.07. The number of carboxylic acids is 1. The van der Waals surface area contributed by atoms with Crippen molar-refractivity contribution in [1.82, 2.24) is 4.57 Å². The monoisotopic (exact) mass is 295 g/mol. The number of hydrogen-bond donors (Lipinski definition) is 1. The first-order chi connectivity index (χ1) is 11.1. The summed E-state index contributed by atoms with van der Waals surface area (Å²) in [5, 5.41) is 8.57. The van der Waals surface area contributed by atoms with Crippen LogP contribution in [0.25, 0.3) is 0 Å². The minimum atomic E-state index is -1.05. The van der Waals surface area contributed by atoms with Gasteiger partial charge < -0.3 is 9.67 Å². The van der Waals surface area contributed by atoms with Crippen molar-refractivity contribution in [2.75, 3.05) is 0 Å². The highest BCUT2D eigenvalue weighted by Crippen LogP contribution is 2.20. The van der Waals surface area contributed by atoms with Gasteiger partial charge >= 0.3 is 5.97 Å². The van der Waals surface area contributed by atoms with Gasteiger partial charge in [0, 0.05) is 23.3 Å². The standard InChI is InChI=1S/C15H14ClNO3/c1-9-7-12(8-13(18)19)17(2)14(9)15(20)10-3-5-11(16)6-4-10/h3-7H,8H2,1-2H3,(H,18,19)/i3D,4D,5D,6D. The topological polar surface area (TPSA) is 59.3 Å². The highest BCUT2D eigenvalue weighted by molar-refractivity contribution is 6.30. The summed E-state index contributed by atoms with van der Waals surface area (Å²) < 4.78 is 32.7. The molecule has 0 spiro atoms. The van der Waals surface area contributed by atoms with E-state index in [1.807, 2.05) is 0 Å². The van der Waals surface area contributed by atoms with Gasteiger partial charge in [-0.05, 0) is 42.7 Å². The highest BCUT2D eigenvalue weighted by atomic mass is 35.5. The average molecular weight is 296 g/mol. The molecule has 0 bridgehead atoms. The van der Waals surface area contributed by atoms with E-state index >= 15 is 0 Å². The van der Waals surface area contributed by atoms with E-state index in [0.29, 0.717) is 11.3 Å². The number of aryl methyl sites for hydroxylation is 1. The van der Waals surface area contributed by atoms with Crippen LogP contribution in [-0.2, 0) is 18.3 Å². The lowest BCUT2D eigenvalue weighted by Gasteiger charge is -2.07. The number of rotatable bonds is 4. The fourth-order valence-corrected chi connectivity index (χ4v) is 2.10. The van der Waals surface area contributed by atoms with Crippen molar-refractivity contribution in [3.63, 3.8) is 0 Å². The number of nitrogens with zero attached hydrogens (tertiary/aromatic N) is 1. The SMILES string of the molecule is [2H]c1c([2H])c(C(=O)c2c(C)cc(CC(=O)O)n2C)c([2H])c([2H])c1Cl. The summed E-state index contributed by atoms with van der Waals surface area (Å²) in [4.78, 5) is 23.7. The number of ketones is 1. The maximum atomic E-state index is 12.8. The molecule has 0 unspecified atom stereocenters. The molecule has 20 heavy (non-hydrogen) atoms. The maximum Gasteiger partial charge on any atom is 0.309 e. The molecule has 1 N–H and O–H groups in total. The van der Waals surface area contributed by atoms with Crippen LogP contribution in [0.5, 0.6) is 0 Å². The fourth-order valence-electron chi connectivity index (χ4n) is 2.01. The van der Waals surface area contributed by atoms with Gasteiger partial charge in [-0.1, -0.05) is 11.6 Å². The average Bonchev–Trinajstić information content (AvgIpc) is 2.76. The van der Waals surface area contributed by atoms with E-state index in [9.17, 15) is 9.59 Å². The summed E-state index contributed by atoms with van der Waals surface area (Å²) >= 11 is 5.74. The molecular weight excluding hydrogens is 278 g/mol. The van der Waals surface area contributed by atoms with Gasteiger partial charge in [0.05, 0.1) is 17.6 Å². The normalized spacial score (nSPS) is 13.3. The number of halogens is 1. The van der Waals surface area contributed by atoms with Crippen LogP contribution in [-0.4, -0.2) is 21.4 Å². The summed E-state index contributed by atoms with van der Waals surface area (Å²) in [6.07, 6.45) is -0.278. The molecule has 5 heteroatoms. The number of carbonyl (C=O) groups excluding carboxylic acids is 1. The van der Waals surface area contributed by atoms with Gasteiger partial charge in [0.15, 0.2) is 0 Å². The van der Waals surface area contributed by atoms with Crippen LogP contribution in [0.15, 0.2) is 30.2 Å². The zero-order valence-corrected chi connectivity index (χ0v) is 11.6. The summed E-state index contributed by atoms with van der Waals surface area (Å²) in [6, 6.07) is -0.469. The lowest BCUT2D eigenvalue weighted by molar-refractivity contribution is -0.136. The first-order valence-corrected chi connectivity index (χ1v) is 6.13. The Labute approximate surface area is 127 Å². The van der Waals surface area contributed by atoms with Crippen LogP contribution >= 0.6 is 11.6 Å². The van der Waals surface area contributed by atoms with Crippen molar-refractivity contribution < 1.29 is 20.2 Å². The molecule has 2 rings (SSSR count). The zero-order valence-electron chi connectivity index (χ0n) is 14.9. The molecule has 0 amide bonds. The van der Waals surface area contributed by atoms with E-state index in [1.54, 1.807) is 13.0 Å². The van der Waals surface area contributed by atoms with Gasteiger partial charge in [-0.25, -0.2) is 0 Å². The Balaban J connectivity index is 2.67. The van der Waals surface area contributed by atoms with E-state index < -0.39 is 35.9 Å². The number of aromatic nitrogens is 1. The van der Waals surface area contributed by atoms with Crippen molar-refractivity contribution >= 4 is 23.4 Å². The number of carboxylic acid groups (broad SMARTS) is 1. The largest absolute Gasteiger partial charge is 0.481 e. The Morgan fingerprint density at radius 1 is 1.35 bits per heavy atom. The number of aliphatic carboxylic acids is 1. The van der Waals surface area contributed by atoms with Crippen LogP contribution in [0, 0.1) is 6.92 Å². The molecule has 0 saturated heterocycles. The Morgan fingerprint density at radius 3 is 2.50 bits per heavy atom. The van der Waals surface area contributed by atoms with Crippen molar-refractivity contribution in [3.05, 3.63) is 57.8 Å². The molecule has 0 aliphatic rings. The molecule has 0 fully saturated rings. The third-order valence-corrected chi connectivity index (χ3v) is 3.08. The maximum absolute atomic E-state index is 12.8. The van der Waals surface area contributed by atoms with Gasteiger partial charge in [-0.3, -0.25) is 9.59 Å². The van der Waals surface area contributed by atoms with Crippen LogP contribution < -0.4 is 0 Å². The minimum Gasteiger partial charge on any atom is -0.481 e. The van der Waals surface area contributed by atoms with Crippen molar-refractivity contribution in [2.45, 2.75) is 13.3 Å². The number of benzene rings is 1. The molecule has 0 saturated carbocycles. The second-order valence-corrected chi connectivity index (χ2v) is 4.69. The van der Waals surface area contributed by atoms with Crippen molar-refractivity contribution in [2.24, 2.45) is 7.05 Å². The molecular formula is C15H14ClNO3. The Kier molecular flexibility index (Phi) is 2.69. The zero-order chi connectivity index (χ0) is 18.3. The molecule has 104 valence electrons. The first-order valence-electron chi connectivity index (χ1n) is 7.75. The number of carbonyl (C=O) groups is 2. The van der Waals surface area contributed by atoms with Gasteiger partial charge in [-0.2, -0.15) is 0 Å². The van der Waals surface area contributed by atoms with Crippen LogP contribution in [0.1, 0.15) is 32.8 Å². The molecule has 0 aliphatic heterocycles. The van der Waals surface area contributed by atoms with Gasteiger partial charge in [0.25, 0.3) is 0 Å². The summed E-state index contributed by atoms with van der Waals surface area (Å²) in [5.41, 5.74) is 0.619. The predicted molar refractivity (Wildman–Crippen MR) is 76.4 cm³/mol. The molecule has 4 nitrogen and oxygen atoms in total. The fraction of sp³-hybridized carbons (Fsp3) is 0.200. The van der Waals surface area contributed by atoms with E-state index in [0.717, 1.165) is 0 Å². The molecule has 1 aromatic carbocycles. The minimum absolute atomic E-state index is 0.120. The third-order valence-electron chi connectivity index (χ3n) is 2.89. The van der Waals surface area contributed by atoms with E-state index in [2.05, 4.69) is 0 Å². The Morgan fingerprint density at radius 2 is 1.95 bits per heavy atom.